The van der Waals surface area contributed by atoms with E-state index in [4.69, 9.17) is 28.6 Å². The first-order valence-corrected chi connectivity index (χ1v) is 4.46. The molecule has 1 aromatic heterocycles. The zero-order chi connectivity index (χ0) is 9.68. The van der Waals surface area contributed by atoms with Crippen molar-refractivity contribution in [2.75, 3.05) is 13.7 Å². The highest BCUT2D eigenvalue weighted by Gasteiger charge is 1.96. The van der Waals surface area contributed by atoms with Crippen molar-refractivity contribution >= 4 is 28.8 Å². The lowest BCUT2D eigenvalue weighted by Crippen LogP contribution is -2.22. The number of nitrogens with one attached hydrogen (secondary N) is 1. The minimum Gasteiger partial charge on any atom is -0.485 e. The van der Waals surface area contributed by atoms with Crippen molar-refractivity contribution in [2.24, 2.45) is 0 Å². The number of likely N-dealkylation sites (N-methyl/N-ethyl adjacent to an activating group) is 1. The van der Waals surface area contributed by atoms with Crippen molar-refractivity contribution in [3.63, 3.8) is 0 Å². The number of ether oxygens (including phenoxy) is 1. The van der Waals surface area contributed by atoms with Crippen molar-refractivity contribution in [1.29, 1.82) is 0 Å². The molecule has 1 rings (SSSR count). The lowest BCUT2D eigenvalue weighted by molar-refractivity contribution is 0.374. The van der Waals surface area contributed by atoms with Gasteiger partial charge in [-0.05, 0) is 12.1 Å². The summed E-state index contributed by atoms with van der Waals surface area (Å²) in [4.78, 5) is 4.51. The minimum atomic E-state index is 0.356. The average Bonchev–Trinajstić information content (AvgIpc) is 2.16. The fourth-order valence-corrected chi connectivity index (χ4v) is 0.839. The summed E-state index contributed by atoms with van der Waals surface area (Å²) < 4.78 is 5.29. The molecule has 0 unspecified atom stereocenters. The summed E-state index contributed by atoms with van der Waals surface area (Å²) in [6.45, 7) is 0.356. The van der Waals surface area contributed by atoms with Crippen LogP contribution in [0.15, 0.2) is 18.3 Å². The molecule has 1 aromatic rings. The van der Waals surface area contributed by atoms with Gasteiger partial charge in [0.15, 0.2) is 0 Å². The fraction of sp³-hybridized carbons (Fsp3) is 0.250. The lowest BCUT2D eigenvalue weighted by atomic mass is 10.5. The molecule has 70 valence electrons. The molecule has 0 bridgehead atoms. The topological polar surface area (TPSA) is 34.1 Å². The van der Waals surface area contributed by atoms with Gasteiger partial charge in [0.2, 0.25) is 0 Å². The number of pyridine rings is 1. The first-order valence-electron chi connectivity index (χ1n) is 3.67. The maximum atomic E-state index is 5.60. The van der Waals surface area contributed by atoms with Crippen LogP contribution in [0.1, 0.15) is 0 Å². The molecular weight excluding hydrogens is 208 g/mol. The Morgan fingerprint density at radius 1 is 1.69 bits per heavy atom. The van der Waals surface area contributed by atoms with E-state index in [1.165, 1.54) is 0 Å². The van der Waals surface area contributed by atoms with Gasteiger partial charge in [-0.3, -0.25) is 0 Å². The first-order chi connectivity index (χ1) is 6.22. The fourth-order valence-electron chi connectivity index (χ4n) is 0.669. The summed E-state index contributed by atoms with van der Waals surface area (Å²) in [5.41, 5.74) is 0. The molecule has 3 nitrogen and oxygen atoms in total. The van der Waals surface area contributed by atoms with E-state index in [1.807, 2.05) is 0 Å². The molecule has 0 aliphatic heterocycles. The number of rotatable bonds is 3. The highest BCUT2D eigenvalue weighted by molar-refractivity contribution is 7.80. The predicted molar refractivity (Wildman–Crippen MR) is 56.4 cm³/mol. The van der Waals surface area contributed by atoms with Gasteiger partial charge in [-0.1, -0.05) is 23.8 Å². The maximum absolute atomic E-state index is 5.60. The van der Waals surface area contributed by atoms with Crippen molar-refractivity contribution in [3.05, 3.63) is 23.5 Å². The summed E-state index contributed by atoms with van der Waals surface area (Å²) in [6, 6.07) is 3.41. The van der Waals surface area contributed by atoms with Crippen LogP contribution in [-0.4, -0.2) is 23.6 Å². The Bertz CT molecular complexity index is 289. The molecule has 5 heteroatoms. The summed E-state index contributed by atoms with van der Waals surface area (Å²) in [5, 5.41) is 3.25. The quantitative estimate of drug-likeness (QED) is 0.616. The standard InChI is InChI=1S/C8H9ClN2OS/c1-10-8(13)5-12-6-2-3-7(9)11-4-6/h2-4H,5H2,1H3,(H,10,13). The molecule has 0 fully saturated rings. The molecule has 1 N–H and O–H groups in total. The van der Waals surface area contributed by atoms with Crippen LogP contribution in [0.25, 0.3) is 0 Å². The molecule has 0 aliphatic rings. The highest BCUT2D eigenvalue weighted by Crippen LogP contribution is 2.11. The predicted octanol–water partition coefficient (Wildman–Crippen LogP) is 1.66. The third-order valence-corrected chi connectivity index (χ3v) is 1.89. The Balaban J connectivity index is 2.46. The highest BCUT2D eigenvalue weighted by atomic mass is 35.5. The van der Waals surface area contributed by atoms with Crippen LogP contribution in [0.4, 0.5) is 0 Å². The van der Waals surface area contributed by atoms with E-state index in [0.29, 0.717) is 22.5 Å². The number of thiocarbonyl (C=S) groups is 1. The van der Waals surface area contributed by atoms with Crippen LogP contribution in [0, 0.1) is 0 Å². The number of hydrogen-bond acceptors (Lipinski definition) is 3. The van der Waals surface area contributed by atoms with E-state index in [1.54, 1.807) is 25.4 Å². The van der Waals surface area contributed by atoms with E-state index in [9.17, 15) is 0 Å². The average molecular weight is 217 g/mol. The number of halogens is 1. The molecule has 0 saturated carbocycles. The Kier molecular flexibility index (Phi) is 3.92. The summed E-state index contributed by atoms with van der Waals surface area (Å²) >= 11 is 10.5. The normalized spacial score (nSPS) is 9.38. The van der Waals surface area contributed by atoms with Crippen molar-refractivity contribution in [3.8, 4) is 5.75 Å². The van der Waals surface area contributed by atoms with Gasteiger partial charge >= 0.3 is 0 Å². The van der Waals surface area contributed by atoms with Crippen LogP contribution < -0.4 is 10.1 Å². The molecule has 0 saturated heterocycles. The smallest absolute Gasteiger partial charge is 0.138 e. The Morgan fingerprint density at radius 3 is 3.00 bits per heavy atom. The number of hydrogen-bond donors (Lipinski definition) is 1. The molecule has 0 spiro atoms. The monoisotopic (exact) mass is 216 g/mol. The molecule has 0 aromatic carbocycles. The molecule has 0 amide bonds. The summed E-state index contributed by atoms with van der Waals surface area (Å²) in [7, 11) is 1.76. The first kappa shape index (κ1) is 10.2. The van der Waals surface area contributed by atoms with Crippen LogP contribution in [0.2, 0.25) is 5.15 Å². The lowest BCUT2D eigenvalue weighted by Gasteiger charge is -2.05. The van der Waals surface area contributed by atoms with Crippen molar-refractivity contribution in [2.45, 2.75) is 0 Å². The Labute approximate surface area is 87.1 Å². The van der Waals surface area contributed by atoms with Crippen LogP contribution in [-0.2, 0) is 0 Å². The van der Waals surface area contributed by atoms with Gasteiger partial charge in [-0.15, -0.1) is 0 Å². The molecule has 13 heavy (non-hydrogen) atoms. The molecule has 1 heterocycles. The second kappa shape index (κ2) is 4.99. The van der Waals surface area contributed by atoms with Crippen LogP contribution >= 0.6 is 23.8 Å². The molecule has 0 radical (unpaired) electrons. The van der Waals surface area contributed by atoms with Gasteiger partial charge in [0.1, 0.15) is 22.5 Å². The van der Waals surface area contributed by atoms with Crippen molar-refractivity contribution in [1.82, 2.24) is 10.3 Å². The second-order valence-corrected chi connectivity index (χ2v) is 3.16. The SMILES string of the molecule is CNC(=S)COc1ccc(Cl)nc1. The van der Waals surface area contributed by atoms with Gasteiger partial charge in [-0.25, -0.2) is 4.98 Å². The van der Waals surface area contributed by atoms with E-state index in [2.05, 4.69) is 10.3 Å². The van der Waals surface area contributed by atoms with Crippen molar-refractivity contribution < 1.29 is 4.74 Å². The van der Waals surface area contributed by atoms with Crippen LogP contribution in [0.5, 0.6) is 5.75 Å². The minimum absolute atomic E-state index is 0.356. The van der Waals surface area contributed by atoms with Gasteiger partial charge in [0.25, 0.3) is 0 Å². The Hall–Kier alpha value is -0.870. The van der Waals surface area contributed by atoms with Crippen LogP contribution in [0.3, 0.4) is 0 Å². The number of aromatic nitrogens is 1. The third-order valence-electron chi connectivity index (χ3n) is 1.35. The van der Waals surface area contributed by atoms with E-state index < -0.39 is 0 Å². The zero-order valence-electron chi connectivity index (χ0n) is 7.08. The van der Waals surface area contributed by atoms with E-state index in [-0.39, 0.29) is 0 Å². The van der Waals surface area contributed by atoms with E-state index >= 15 is 0 Å². The third kappa shape index (κ3) is 3.57. The largest absolute Gasteiger partial charge is 0.485 e. The van der Waals surface area contributed by atoms with E-state index in [0.717, 1.165) is 0 Å². The molecular formula is C8H9ClN2OS. The van der Waals surface area contributed by atoms with Gasteiger partial charge in [-0.2, -0.15) is 0 Å². The van der Waals surface area contributed by atoms with Gasteiger partial charge < -0.3 is 10.1 Å². The zero-order valence-corrected chi connectivity index (χ0v) is 8.65. The Morgan fingerprint density at radius 2 is 2.46 bits per heavy atom. The second-order valence-electron chi connectivity index (χ2n) is 2.28. The van der Waals surface area contributed by atoms with Gasteiger partial charge in [0, 0.05) is 7.05 Å². The summed E-state index contributed by atoms with van der Waals surface area (Å²) in [6.07, 6.45) is 1.56. The summed E-state index contributed by atoms with van der Waals surface area (Å²) in [5.74, 6) is 0.655. The molecule has 0 atom stereocenters. The van der Waals surface area contributed by atoms with Gasteiger partial charge in [0.05, 0.1) is 6.20 Å². The number of nitrogens with zero attached hydrogens (tertiary/aromatic N) is 1. The maximum Gasteiger partial charge on any atom is 0.138 e. The molecule has 0 aliphatic carbocycles.